The van der Waals surface area contributed by atoms with Gasteiger partial charge in [0.15, 0.2) is 0 Å². The van der Waals surface area contributed by atoms with Crippen molar-refractivity contribution >= 4 is 28.9 Å². The van der Waals surface area contributed by atoms with E-state index in [1.807, 2.05) is 6.07 Å². The molecule has 1 fully saturated rings. The quantitative estimate of drug-likeness (QED) is 0.712. The number of carboxylic acids is 1. The van der Waals surface area contributed by atoms with E-state index in [-0.39, 0.29) is 10.6 Å². The molecule has 1 saturated carbocycles. The lowest BCUT2D eigenvalue weighted by Crippen LogP contribution is -2.24. The van der Waals surface area contributed by atoms with Crippen LogP contribution in [0.2, 0.25) is 0 Å². The SMILES string of the molecule is N#CC1C(=S)N=C(C2CC2)C=C1C(=O)O. The average Bonchev–Trinajstić information content (AvgIpc) is 2.99. The molecule has 0 aromatic heterocycles. The predicted molar refractivity (Wildman–Crippen MR) is 57.6 cm³/mol. The summed E-state index contributed by atoms with van der Waals surface area (Å²) in [6.07, 6.45) is 3.56. The topological polar surface area (TPSA) is 73.5 Å². The first kappa shape index (κ1) is 9.99. The molecule has 4 nitrogen and oxygen atoms in total. The lowest BCUT2D eigenvalue weighted by atomic mass is 9.95. The zero-order valence-electron chi connectivity index (χ0n) is 7.80. The minimum atomic E-state index is -1.09. The largest absolute Gasteiger partial charge is 0.478 e. The van der Waals surface area contributed by atoms with E-state index < -0.39 is 11.9 Å². The molecule has 1 heterocycles. The Bertz CT molecular complexity index is 441. The number of allylic oxidation sites excluding steroid dienone is 1. The van der Waals surface area contributed by atoms with Crippen molar-refractivity contribution in [2.75, 3.05) is 0 Å². The average molecular weight is 220 g/mol. The van der Waals surface area contributed by atoms with Gasteiger partial charge in [-0.25, -0.2) is 9.79 Å². The summed E-state index contributed by atoms with van der Waals surface area (Å²) >= 11 is 4.93. The molecule has 0 amide bonds. The summed E-state index contributed by atoms with van der Waals surface area (Å²) < 4.78 is 0. The maximum Gasteiger partial charge on any atom is 0.333 e. The Morgan fingerprint density at radius 2 is 2.33 bits per heavy atom. The number of hydrogen-bond acceptors (Lipinski definition) is 3. The smallest absolute Gasteiger partial charge is 0.333 e. The Labute approximate surface area is 91.9 Å². The summed E-state index contributed by atoms with van der Waals surface area (Å²) in [5, 5.41) is 17.8. The molecule has 1 unspecified atom stereocenters. The van der Waals surface area contributed by atoms with E-state index in [0.29, 0.717) is 5.92 Å². The summed E-state index contributed by atoms with van der Waals surface area (Å²) in [6, 6.07) is 1.87. The molecular formula is C10H8N2O2S. The number of rotatable bonds is 2. The van der Waals surface area contributed by atoms with Crippen molar-refractivity contribution in [1.29, 1.82) is 5.26 Å². The molecule has 1 N–H and O–H groups in total. The van der Waals surface area contributed by atoms with Gasteiger partial charge in [-0.3, -0.25) is 0 Å². The molecule has 1 aliphatic heterocycles. The Balaban J connectivity index is 2.38. The lowest BCUT2D eigenvalue weighted by Gasteiger charge is -2.15. The molecule has 15 heavy (non-hydrogen) atoms. The molecule has 0 aromatic rings. The van der Waals surface area contributed by atoms with Crippen LogP contribution in [0.5, 0.6) is 0 Å². The van der Waals surface area contributed by atoms with Crippen molar-refractivity contribution in [1.82, 2.24) is 0 Å². The number of nitrogens with zero attached hydrogens (tertiary/aromatic N) is 2. The second-order valence-corrected chi connectivity index (χ2v) is 4.03. The molecule has 76 valence electrons. The number of aliphatic imine (C=N–C) groups is 1. The first-order valence-electron chi connectivity index (χ1n) is 4.60. The fourth-order valence-corrected chi connectivity index (χ4v) is 1.78. The Morgan fingerprint density at radius 1 is 1.67 bits per heavy atom. The van der Waals surface area contributed by atoms with Crippen LogP contribution in [0.4, 0.5) is 0 Å². The van der Waals surface area contributed by atoms with Crippen LogP contribution in [0.1, 0.15) is 12.8 Å². The van der Waals surface area contributed by atoms with Crippen LogP contribution in [-0.2, 0) is 4.79 Å². The third-order valence-electron chi connectivity index (χ3n) is 2.47. The predicted octanol–water partition coefficient (Wildman–Crippen LogP) is 1.33. The zero-order chi connectivity index (χ0) is 11.0. The molecule has 1 aliphatic carbocycles. The maximum absolute atomic E-state index is 10.9. The Kier molecular flexibility index (Phi) is 2.37. The zero-order valence-corrected chi connectivity index (χ0v) is 8.62. The summed E-state index contributed by atoms with van der Waals surface area (Å²) in [6.45, 7) is 0. The Morgan fingerprint density at radius 3 is 2.80 bits per heavy atom. The van der Waals surface area contributed by atoms with E-state index in [9.17, 15) is 4.79 Å². The summed E-state index contributed by atoms with van der Waals surface area (Å²) in [5.41, 5.74) is 0.781. The number of aliphatic carboxylic acids is 1. The van der Waals surface area contributed by atoms with Crippen molar-refractivity contribution in [3.63, 3.8) is 0 Å². The highest BCUT2D eigenvalue weighted by atomic mass is 32.1. The van der Waals surface area contributed by atoms with Gasteiger partial charge in [-0.1, -0.05) is 12.2 Å². The summed E-state index contributed by atoms with van der Waals surface area (Å²) in [7, 11) is 0. The second kappa shape index (κ2) is 3.55. The van der Waals surface area contributed by atoms with Crippen LogP contribution < -0.4 is 0 Å². The molecule has 0 spiro atoms. The number of carboxylic acid groups (broad SMARTS) is 1. The number of nitriles is 1. The normalized spacial score (nSPS) is 25.3. The van der Waals surface area contributed by atoms with Crippen LogP contribution in [0.15, 0.2) is 16.6 Å². The Hall–Kier alpha value is -1.54. The van der Waals surface area contributed by atoms with E-state index in [1.54, 1.807) is 0 Å². The second-order valence-electron chi connectivity index (χ2n) is 3.62. The molecule has 1 atom stereocenters. The fourth-order valence-electron chi connectivity index (χ4n) is 1.50. The van der Waals surface area contributed by atoms with Gasteiger partial charge >= 0.3 is 5.97 Å². The molecule has 2 aliphatic rings. The maximum atomic E-state index is 10.9. The van der Waals surface area contributed by atoms with Gasteiger partial charge in [-0.15, -0.1) is 0 Å². The highest BCUT2D eigenvalue weighted by Gasteiger charge is 2.34. The first-order chi connectivity index (χ1) is 7.13. The molecule has 2 rings (SSSR count). The third-order valence-corrected chi connectivity index (χ3v) is 2.80. The van der Waals surface area contributed by atoms with Crippen LogP contribution in [0.25, 0.3) is 0 Å². The first-order valence-corrected chi connectivity index (χ1v) is 5.01. The van der Waals surface area contributed by atoms with Crippen LogP contribution in [0, 0.1) is 23.2 Å². The molecule has 0 aromatic carbocycles. The van der Waals surface area contributed by atoms with Crippen LogP contribution >= 0.6 is 12.2 Å². The van der Waals surface area contributed by atoms with Crippen molar-refractivity contribution in [3.8, 4) is 6.07 Å². The van der Waals surface area contributed by atoms with Crippen molar-refractivity contribution in [3.05, 3.63) is 11.6 Å². The monoisotopic (exact) mass is 220 g/mol. The van der Waals surface area contributed by atoms with Gasteiger partial charge in [-0.2, -0.15) is 5.26 Å². The minimum absolute atomic E-state index is 0.0550. The van der Waals surface area contributed by atoms with Crippen molar-refractivity contribution in [2.24, 2.45) is 16.8 Å². The number of carbonyl (C=O) groups is 1. The van der Waals surface area contributed by atoms with Crippen LogP contribution in [0.3, 0.4) is 0 Å². The number of dihydropyridines is 1. The van der Waals surface area contributed by atoms with E-state index >= 15 is 0 Å². The minimum Gasteiger partial charge on any atom is -0.478 e. The van der Waals surface area contributed by atoms with Gasteiger partial charge < -0.3 is 5.11 Å². The highest BCUT2D eigenvalue weighted by Crippen LogP contribution is 2.34. The van der Waals surface area contributed by atoms with E-state index in [1.165, 1.54) is 6.08 Å². The lowest BCUT2D eigenvalue weighted by molar-refractivity contribution is -0.132. The van der Waals surface area contributed by atoms with Gasteiger partial charge in [0.2, 0.25) is 0 Å². The number of hydrogen-bond donors (Lipinski definition) is 1. The molecule has 0 radical (unpaired) electrons. The third kappa shape index (κ3) is 1.81. The molecule has 0 saturated heterocycles. The molecule has 5 heteroatoms. The number of thiocarbonyl (C=S) groups is 1. The van der Waals surface area contributed by atoms with Gasteiger partial charge in [-0.05, 0) is 18.9 Å². The summed E-state index contributed by atoms with van der Waals surface area (Å²) in [5.74, 6) is -1.62. The summed E-state index contributed by atoms with van der Waals surface area (Å²) in [4.78, 5) is 15.2. The molecular weight excluding hydrogens is 212 g/mol. The fraction of sp³-hybridized carbons (Fsp3) is 0.400. The van der Waals surface area contributed by atoms with E-state index in [0.717, 1.165) is 18.6 Å². The van der Waals surface area contributed by atoms with Gasteiger partial charge in [0.05, 0.1) is 11.6 Å². The van der Waals surface area contributed by atoms with Gasteiger partial charge in [0.25, 0.3) is 0 Å². The standard InChI is InChI=1S/C10H8N2O2S/c11-4-7-6(10(13)14)3-8(5-1-2-5)12-9(7)15/h3,5,7H,1-2H2,(H,13,14). The van der Waals surface area contributed by atoms with Gasteiger partial charge in [0.1, 0.15) is 10.9 Å². The van der Waals surface area contributed by atoms with Crippen LogP contribution in [-0.4, -0.2) is 21.8 Å². The van der Waals surface area contributed by atoms with Crippen molar-refractivity contribution < 1.29 is 9.90 Å². The highest BCUT2D eigenvalue weighted by molar-refractivity contribution is 7.80. The van der Waals surface area contributed by atoms with Crippen molar-refractivity contribution in [2.45, 2.75) is 12.8 Å². The van der Waals surface area contributed by atoms with E-state index in [2.05, 4.69) is 4.99 Å². The molecule has 0 bridgehead atoms. The van der Waals surface area contributed by atoms with E-state index in [4.69, 9.17) is 22.6 Å². The van der Waals surface area contributed by atoms with Gasteiger partial charge in [0, 0.05) is 11.6 Å².